The first kappa shape index (κ1) is 15.4. The number of nitrogens with two attached hydrogens (primary N) is 1. The van der Waals surface area contributed by atoms with Crippen LogP contribution in [0.5, 0.6) is 0 Å². The zero-order chi connectivity index (χ0) is 13.9. The van der Waals surface area contributed by atoms with Crippen LogP contribution in [0, 0.1) is 5.82 Å². The number of halogens is 2. The molecular formula is C11H16ClFN2O2S. The van der Waals surface area contributed by atoms with E-state index in [4.69, 9.17) is 17.3 Å². The molecule has 7 heteroatoms. The molecule has 18 heavy (non-hydrogen) atoms. The zero-order valence-electron chi connectivity index (χ0n) is 10.3. The normalized spacial score (nSPS) is 12.1. The first-order chi connectivity index (χ1) is 8.38. The van der Waals surface area contributed by atoms with Crippen LogP contribution in [-0.2, 0) is 16.6 Å². The molecule has 0 bridgehead atoms. The van der Waals surface area contributed by atoms with E-state index in [1.165, 1.54) is 10.4 Å². The number of nitrogens with zero attached hydrogens (tertiary/aromatic N) is 1. The summed E-state index contributed by atoms with van der Waals surface area (Å²) in [5.74, 6) is -0.773. The summed E-state index contributed by atoms with van der Waals surface area (Å²) in [7, 11) is -3.69. The van der Waals surface area contributed by atoms with Crippen molar-refractivity contribution in [2.45, 2.75) is 25.3 Å². The van der Waals surface area contributed by atoms with Gasteiger partial charge in [0, 0.05) is 19.6 Å². The summed E-state index contributed by atoms with van der Waals surface area (Å²) in [5.41, 5.74) is 5.69. The van der Waals surface area contributed by atoms with Gasteiger partial charge in [-0.3, -0.25) is 0 Å². The third-order valence-electron chi connectivity index (χ3n) is 2.64. The minimum absolute atomic E-state index is 0.0165. The van der Waals surface area contributed by atoms with Crippen molar-refractivity contribution in [3.05, 3.63) is 28.5 Å². The maximum absolute atomic E-state index is 13.6. The van der Waals surface area contributed by atoms with Gasteiger partial charge in [-0.25, -0.2) is 12.8 Å². The molecule has 102 valence electrons. The third kappa shape index (κ3) is 2.83. The quantitative estimate of drug-likeness (QED) is 0.903. The molecule has 0 aliphatic heterocycles. The fourth-order valence-corrected chi connectivity index (χ4v) is 3.34. The topological polar surface area (TPSA) is 63.4 Å². The van der Waals surface area contributed by atoms with Gasteiger partial charge >= 0.3 is 0 Å². The Kier molecular flexibility index (Phi) is 5.10. The largest absolute Gasteiger partial charge is 0.326 e. The second kappa shape index (κ2) is 5.97. The number of sulfonamides is 1. The van der Waals surface area contributed by atoms with Crippen molar-refractivity contribution >= 4 is 21.6 Å². The van der Waals surface area contributed by atoms with Crippen molar-refractivity contribution < 1.29 is 12.8 Å². The molecule has 0 atom stereocenters. The molecule has 0 saturated carbocycles. The summed E-state index contributed by atoms with van der Waals surface area (Å²) in [5, 5.41) is -0.129. The number of hydrogen-bond acceptors (Lipinski definition) is 3. The van der Waals surface area contributed by atoms with E-state index in [0.717, 1.165) is 6.07 Å². The summed E-state index contributed by atoms with van der Waals surface area (Å²) >= 11 is 5.70. The molecule has 0 saturated heterocycles. The maximum Gasteiger partial charge on any atom is 0.243 e. The van der Waals surface area contributed by atoms with Crippen molar-refractivity contribution in [3.63, 3.8) is 0 Å². The highest BCUT2D eigenvalue weighted by atomic mass is 35.5. The van der Waals surface area contributed by atoms with Gasteiger partial charge in [-0.15, -0.1) is 0 Å². The lowest BCUT2D eigenvalue weighted by atomic mass is 10.2. The summed E-state index contributed by atoms with van der Waals surface area (Å²) in [6.45, 7) is 4.06. The second-order valence-corrected chi connectivity index (χ2v) is 5.99. The molecule has 0 heterocycles. The van der Waals surface area contributed by atoms with Crippen molar-refractivity contribution in [1.29, 1.82) is 0 Å². The predicted octanol–water partition coefficient (Wildman–Crippen LogP) is 1.97. The molecule has 0 amide bonds. The van der Waals surface area contributed by atoms with Crippen molar-refractivity contribution in [1.82, 2.24) is 4.31 Å². The van der Waals surface area contributed by atoms with E-state index in [1.807, 2.05) is 0 Å². The SMILES string of the molecule is CCN(CC)S(=O)(=O)c1cc(F)c(Cl)c(CN)c1. The fraction of sp³-hybridized carbons (Fsp3) is 0.455. The summed E-state index contributed by atoms with van der Waals surface area (Å²) < 4.78 is 39.2. The molecular weight excluding hydrogens is 279 g/mol. The Labute approximate surface area is 112 Å². The minimum Gasteiger partial charge on any atom is -0.326 e. The maximum atomic E-state index is 13.6. The van der Waals surface area contributed by atoms with Gasteiger partial charge in [-0.05, 0) is 17.7 Å². The molecule has 2 N–H and O–H groups in total. The highest BCUT2D eigenvalue weighted by molar-refractivity contribution is 7.89. The average Bonchev–Trinajstić information content (AvgIpc) is 2.33. The van der Waals surface area contributed by atoms with Crippen LogP contribution in [0.4, 0.5) is 4.39 Å². The van der Waals surface area contributed by atoms with Crippen molar-refractivity contribution in [2.24, 2.45) is 5.73 Å². The van der Waals surface area contributed by atoms with E-state index in [0.29, 0.717) is 13.1 Å². The third-order valence-corrected chi connectivity index (χ3v) is 5.09. The van der Waals surface area contributed by atoms with Gasteiger partial charge in [0.2, 0.25) is 10.0 Å². The molecule has 0 spiro atoms. The molecule has 0 fully saturated rings. The van der Waals surface area contributed by atoms with E-state index in [2.05, 4.69) is 0 Å². The van der Waals surface area contributed by atoms with E-state index < -0.39 is 15.8 Å². The molecule has 0 radical (unpaired) electrons. The lowest BCUT2D eigenvalue weighted by molar-refractivity contribution is 0.444. The molecule has 1 aromatic rings. The van der Waals surface area contributed by atoms with Gasteiger partial charge in [-0.2, -0.15) is 4.31 Å². The van der Waals surface area contributed by atoms with Gasteiger partial charge in [-0.1, -0.05) is 25.4 Å². The van der Waals surface area contributed by atoms with Gasteiger partial charge in [0.1, 0.15) is 5.82 Å². The van der Waals surface area contributed by atoms with Gasteiger partial charge in [0.15, 0.2) is 0 Å². The summed E-state index contributed by atoms with van der Waals surface area (Å²) in [6.07, 6.45) is 0. The summed E-state index contributed by atoms with van der Waals surface area (Å²) in [4.78, 5) is -0.117. The first-order valence-electron chi connectivity index (χ1n) is 5.56. The second-order valence-electron chi connectivity index (χ2n) is 3.67. The smallest absolute Gasteiger partial charge is 0.243 e. The monoisotopic (exact) mass is 294 g/mol. The molecule has 1 aromatic carbocycles. The van der Waals surface area contributed by atoms with Crippen LogP contribution in [-0.4, -0.2) is 25.8 Å². The van der Waals surface area contributed by atoms with E-state index in [1.54, 1.807) is 13.8 Å². The van der Waals surface area contributed by atoms with Crippen LogP contribution in [0.15, 0.2) is 17.0 Å². The Hall–Kier alpha value is -0.690. The number of benzene rings is 1. The molecule has 0 aliphatic carbocycles. The minimum atomic E-state index is -3.69. The highest BCUT2D eigenvalue weighted by Gasteiger charge is 2.23. The fourth-order valence-electron chi connectivity index (χ4n) is 1.63. The molecule has 4 nitrogen and oxygen atoms in total. The molecule has 0 aliphatic rings. The van der Waals surface area contributed by atoms with Crippen LogP contribution >= 0.6 is 11.6 Å². The van der Waals surface area contributed by atoms with Crippen molar-refractivity contribution in [3.8, 4) is 0 Å². The predicted molar refractivity (Wildman–Crippen MR) is 69.4 cm³/mol. The van der Waals surface area contributed by atoms with E-state index in [9.17, 15) is 12.8 Å². The van der Waals surface area contributed by atoms with Crippen LogP contribution in [0.1, 0.15) is 19.4 Å². The van der Waals surface area contributed by atoms with E-state index >= 15 is 0 Å². The first-order valence-corrected chi connectivity index (χ1v) is 7.38. The van der Waals surface area contributed by atoms with E-state index in [-0.39, 0.29) is 22.0 Å². The van der Waals surface area contributed by atoms with Gasteiger partial charge in [0.05, 0.1) is 9.92 Å². The standard InChI is InChI=1S/C11H16ClFN2O2S/c1-3-15(4-2)18(16,17)9-5-8(7-14)11(12)10(13)6-9/h5-6H,3-4,7,14H2,1-2H3. The van der Waals surface area contributed by atoms with Crippen LogP contribution in [0.2, 0.25) is 5.02 Å². The van der Waals surface area contributed by atoms with Gasteiger partial charge in [0.25, 0.3) is 0 Å². The lowest BCUT2D eigenvalue weighted by Gasteiger charge is -2.19. The van der Waals surface area contributed by atoms with Crippen molar-refractivity contribution in [2.75, 3.05) is 13.1 Å². The summed E-state index contributed by atoms with van der Waals surface area (Å²) in [6, 6.07) is 2.24. The molecule has 0 unspecified atom stereocenters. The zero-order valence-corrected chi connectivity index (χ0v) is 11.9. The number of hydrogen-bond donors (Lipinski definition) is 1. The Morgan fingerprint density at radius 1 is 1.33 bits per heavy atom. The van der Waals surface area contributed by atoms with Crippen LogP contribution in [0.3, 0.4) is 0 Å². The van der Waals surface area contributed by atoms with Crippen LogP contribution < -0.4 is 5.73 Å². The Bertz CT molecular complexity index is 530. The number of rotatable bonds is 5. The molecule has 0 aromatic heterocycles. The van der Waals surface area contributed by atoms with Crippen LogP contribution in [0.25, 0.3) is 0 Å². The average molecular weight is 295 g/mol. The molecule has 1 rings (SSSR count). The Morgan fingerprint density at radius 3 is 2.33 bits per heavy atom. The highest BCUT2D eigenvalue weighted by Crippen LogP contribution is 2.25. The Balaban J connectivity index is 3.38. The lowest BCUT2D eigenvalue weighted by Crippen LogP contribution is -2.30. The van der Waals surface area contributed by atoms with Gasteiger partial charge < -0.3 is 5.73 Å². The Morgan fingerprint density at radius 2 is 1.89 bits per heavy atom.